The molecule has 1 aliphatic rings. The van der Waals surface area contributed by atoms with Gasteiger partial charge in [0.15, 0.2) is 0 Å². The summed E-state index contributed by atoms with van der Waals surface area (Å²) in [5.41, 5.74) is -0.0171. The average Bonchev–Trinajstić information content (AvgIpc) is 2.41. The summed E-state index contributed by atoms with van der Waals surface area (Å²) in [6, 6.07) is 7.11. The Morgan fingerprint density at radius 1 is 1.35 bits per heavy atom. The number of halogens is 1. The molecule has 1 fully saturated rings. The van der Waals surface area contributed by atoms with Crippen LogP contribution in [0, 0.1) is 0 Å². The Bertz CT molecular complexity index is 401. The largest absolute Gasteiger partial charge is 0.491 e. The van der Waals surface area contributed by atoms with Crippen molar-refractivity contribution in [3.63, 3.8) is 0 Å². The second-order valence-corrected chi connectivity index (χ2v) is 5.73. The van der Waals surface area contributed by atoms with E-state index in [1.54, 1.807) is 31.4 Å². The van der Waals surface area contributed by atoms with E-state index in [0.717, 1.165) is 19.4 Å². The molecule has 1 aromatic carbocycles. The zero-order valence-electron chi connectivity index (χ0n) is 11.8. The summed E-state index contributed by atoms with van der Waals surface area (Å²) in [5.74, 6) is 0.709. The predicted octanol–water partition coefficient (Wildman–Crippen LogP) is 2.24. The molecular weight excluding hydrogens is 278 g/mol. The van der Waals surface area contributed by atoms with Gasteiger partial charge in [0.2, 0.25) is 0 Å². The summed E-state index contributed by atoms with van der Waals surface area (Å²) in [4.78, 5) is 0. The number of benzene rings is 1. The number of aliphatic hydroxyl groups is 1. The Labute approximate surface area is 125 Å². The molecule has 20 heavy (non-hydrogen) atoms. The van der Waals surface area contributed by atoms with Gasteiger partial charge in [0.25, 0.3) is 0 Å². The molecular formula is C15H22ClNO3. The van der Waals surface area contributed by atoms with Crippen molar-refractivity contribution in [3.8, 4) is 5.75 Å². The maximum Gasteiger partial charge on any atom is 0.119 e. The van der Waals surface area contributed by atoms with Crippen LogP contribution in [-0.4, -0.2) is 43.6 Å². The highest BCUT2D eigenvalue weighted by Gasteiger charge is 2.36. The molecule has 1 aromatic rings. The standard InChI is InChI=1S/C15H22ClNO3/c1-19-15(7-2-8-15)11-17-9-13(18)10-20-14-5-3-12(16)4-6-14/h3-6,13,17-18H,2,7-11H2,1H3. The summed E-state index contributed by atoms with van der Waals surface area (Å²) < 4.78 is 11.0. The molecule has 0 saturated heterocycles. The molecule has 0 heterocycles. The molecule has 0 bridgehead atoms. The number of rotatable bonds is 8. The highest BCUT2D eigenvalue weighted by atomic mass is 35.5. The van der Waals surface area contributed by atoms with Gasteiger partial charge in [-0.05, 0) is 43.5 Å². The zero-order valence-corrected chi connectivity index (χ0v) is 12.5. The normalized spacial score (nSPS) is 18.4. The summed E-state index contributed by atoms with van der Waals surface area (Å²) in [5, 5.41) is 13.8. The van der Waals surface area contributed by atoms with Crippen molar-refractivity contribution in [1.82, 2.24) is 5.32 Å². The Morgan fingerprint density at radius 2 is 2.05 bits per heavy atom. The number of ether oxygens (including phenoxy) is 2. The minimum Gasteiger partial charge on any atom is -0.491 e. The van der Waals surface area contributed by atoms with E-state index in [1.165, 1.54) is 6.42 Å². The van der Waals surface area contributed by atoms with Crippen LogP contribution in [0.25, 0.3) is 0 Å². The maximum atomic E-state index is 9.87. The average molecular weight is 300 g/mol. The summed E-state index contributed by atoms with van der Waals surface area (Å²) in [7, 11) is 1.75. The van der Waals surface area contributed by atoms with Gasteiger partial charge in [-0.15, -0.1) is 0 Å². The van der Waals surface area contributed by atoms with Crippen LogP contribution < -0.4 is 10.1 Å². The fraction of sp³-hybridized carbons (Fsp3) is 0.600. The van der Waals surface area contributed by atoms with Gasteiger partial charge >= 0.3 is 0 Å². The first kappa shape index (κ1) is 15.6. The third-order valence-corrected chi connectivity index (χ3v) is 4.03. The SMILES string of the molecule is COC1(CNCC(O)COc2ccc(Cl)cc2)CCC1. The van der Waals surface area contributed by atoms with Gasteiger partial charge in [0.1, 0.15) is 18.5 Å². The van der Waals surface area contributed by atoms with Crippen molar-refractivity contribution in [2.45, 2.75) is 31.0 Å². The molecule has 2 N–H and O–H groups in total. The van der Waals surface area contributed by atoms with Gasteiger partial charge in [-0.25, -0.2) is 0 Å². The third-order valence-electron chi connectivity index (χ3n) is 3.78. The van der Waals surface area contributed by atoms with Crippen LogP contribution in [0.15, 0.2) is 24.3 Å². The van der Waals surface area contributed by atoms with E-state index in [4.69, 9.17) is 21.1 Å². The Balaban J connectivity index is 1.63. The van der Waals surface area contributed by atoms with Crippen LogP contribution in [0.3, 0.4) is 0 Å². The fourth-order valence-electron chi connectivity index (χ4n) is 2.27. The maximum absolute atomic E-state index is 9.87. The van der Waals surface area contributed by atoms with Crippen molar-refractivity contribution in [2.24, 2.45) is 0 Å². The number of aliphatic hydroxyl groups excluding tert-OH is 1. The topological polar surface area (TPSA) is 50.7 Å². The van der Waals surface area contributed by atoms with E-state index in [9.17, 15) is 5.11 Å². The number of hydrogen-bond acceptors (Lipinski definition) is 4. The lowest BCUT2D eigenvalue weighted by atomic mass is 9.80. The van der Waals surface area contributed by atoms with Crippen LogP contribution in [0.5, 0.6) is 5.75 Å². The van der Waals surface area contributed by atoms with Gasteiger partial charge in [-0.2, -0.15) is 0 Å². The van der Waals surface area contributed by atoms with E-state index < -0.39 is 6.10 Å². The first-order valence-corrected chi connectivity index (χ1v) is 7.34. The van der Waals surface area contributed by atoms with E-state index in [1.807, 2.05) is 0 Å². The highest BCUT2D eigenvalue weighted by Crippen LogP contribution is 2.34. The molecule has 1 saturated carbocycles. The smallest absolute Gasteiger partial charge is 0.119 e. The second kappa shape index (κ2) is 7.27. The van der Waals surface area contributed by atoms with Gasteiger partial charge in [0.05, 0.1) is 5.60 Å². The lowest BCUT2D eigenvalue weighted by Gasteiger charge is -2.40. The minimum atomic E-state index is -0.542. The third kappa shape index (κ3) is 4.35. The van der Waals surface area contributed by atoms with Crippen LogP contribution >= 0.6 is 11.6 Å². The van der Waals surface area contributed by atoms with E-state index >= 15 is 0 Å². The molecule has 0 spiro atoms. The van der Waals surface area contributed by atoms with Crippen LogP contribution in [0.1, 0.15) is 19.3 Å². The summed E-state index contributed by atoms with van der Waals surface area (Å²) >= 11 is 5.79. The molecule has 1 unspecified atom stereocenters. The van der Waals surface area contributed by atoms with Crippen molar-refractivity contribution in [3.05, 3.63) is 29.3 Å². The van der Waals surface area contributed by atoms with Crippen LogP contribution in [-0.2, 0) is 4.74 Å². The van der Waals surface area contributed by atoms with Gasteiger partial charge in [-0.3, -0.25) is 0 Å². The molecule has 112 valence electrons. The molecule has 0 amide bonds. The predicted molar refractivity (Wildman–Crippen MR) is 79.4 cm³/mol. The Hall–Kier alpha value is -0.810. The monoisotopic (exact) mass is 299 g/mol. The molecule has 5 heteroatoms. The second-order valence-electron chi connectivity index (χ2n) is 5.29. The van der Waals surface area contributed by atoms with Gasteiger partial charge < -0.3 is 19.9 Å². The van der Waals surface area contributed by atoms with E-state index in [-0.39, 0.29) is 12.2 Å². The quantitative estimate of drug-likeness (QED) is 0.773. The highest BCUT2D eigenvalue weighted by molar-refractivity contribution is 6.30. The first-order chi connectivity index (χ1) is 9.63. The van der Waals surface area contributed by atoms with Crippen molar-refractivity contribution >= 4 is 11.6 Å². The molecule has 1 atom stereocenters. The zero-order chi connectivity index (χ0) is 14.4. The Morgan fingerprint density at radius 3 is 2.60 bits per heavy atom. The van der Waals surface area contributed by atoms with Crippen molar-refractivity contribution in [1.29, 1.82) is 0 Å². The van der Waals surface area contributed by atoms with E-state index in [0.29, 0.717) is 17.3 Å². The van der Waals surface area contributed by atoms with Crippen LogP contribution in [0.4, 0.5) is 0 Å². The van der Waals surface area contributed by atoms with Gasteiger partial charge in [-0.1, -0.05) is 11.6 Å². The molecule has 0 aromatic heterocycles. The molecule has 0 radical (unpaired) electrons. The van der Waals surface area contributed by atoms with Crippen molar-refractivity contribution < 1.29 is 14.6 Å². The lowest BCUT2D eigenvalue weighted by molar-refractivity contribution is -0.0706. The molecule has 4 nitrogen and oxygen atoms in total. The van der Waals surface area contributed by atoms with Gasteiger partial charge in [0, 0.05) is 25.2 Å². The van der Waals surface area contributed by atoms with Crippen LogP contribution in [0.2, 0.25) is 5.02 Å². The lowest BCUT2D eigenvalue weighted by Crippen LogP contribution is -2.49. The summed E-state index contributed by atoms with van der Waals surface area (Å²) in [6.45, 7) is 1.54. The number of methoxy groups -OCH3 is 1. The molecule has 2 rings (SSSR count). The minimum absolute atomic E-state index is 0.0171. The van der Waals surface area contributed by atoms with Crippen molar-refractivity contribution in [2.75, 3.05) is 26.8 Å². The number of nitrogens with one attached hydrogen (secondary N) is 1. The van der Waals surface area contributed by atoms with E-state index in [2.05, 4.69) is 5.32 Å². The summed E-state index contributed by atoms with van der Waals surface area (Å²) in [6.07, 6.45) is 2.86. The molecule has 1 aliphatic carbocycles. The molecule has 0 aliphatic heterocycles. The Kier molecular flexibility index (Phi) is 5.66. The first-order valence-electron chi connectivity index (χ1n) is 6.96. The fourth-order valence-corrected chi connectivity index (χ4v) is 2.40. The number of hydrogen-bond donors (Lipinski definition) is 2.